The highest BCUT2D eigenvalue weighted by atomic mass is 19.4. The van der Waals surface area contributed by atoms with Crippen LogP contribution in [0.1, 0.15) is 10.6 Å². The van der Waals surface area contributed by atoms with E-state index in [1.54, 1.807) is 0 Å². The Bertz CT molecular complexity index is 791. The van der Waals surface area contributed by atoms with Gasteiger partial charge in [0.25, 0.3) is 5.91 Å². The Kier molecular flexibility index (Phi) is 6.41. The number of rotatable bonds is 8. The highest BCUT2D eigenvalue weighted by molar-refractivity contribution is 6.02. The summed E-state index contributed by atoms with van der Waals surface area (Å²) in [6.45, 7) is -3.45. The second kappa shape index (κ2) is 8.40. The molecule has 1 heterocycles. The SMILES string of the molecule is O=C(Nc1cc(OCC(F)(F)F)cc(OCC(F)(F)C(F)F)c1)c1ccco1. The van der Waals surface area contributed by atoms with E-state index in [1.807, 2.05) is 0 Å². The van der Waals surface area contributed by atoms with Crippen LogP contribution in [0.2, 0.25) is 0 Å². The molecule has 0 saturated carbocycles. The Labute approximate surface area is 153 Å². The minimum absolute atomic E-state index is 0.145. The van der Waals surface area contributed by atoms with E-state index < -0.39 is 49.1 Å². The van der Waals surface area contributed by atoms with Crippen molar-refractivity contribution < 1.29 is 49.4 Å². The topological polar surface area (TPSA) is 60.7 Å². The molecule has 2 aromatic rings. The minimum Gasteiger partial charge on any atom is -0.487 e. The monoisotopic (exact) mass is 415 g/mol. The van der Waals surface area contributed by atoms with Crippen molar-refractivity contribution in [2.75, 3.05) is 18.5 Å². The van der Waals surface area contributed by atoms with Gasteiger partial charge in [-0.1, -0.05) is 0 Å². The molecule has 0 saturated heterocycles. The van der Waals surface area contributed by atoms with Gasteiger partial charge in [-0.15, -0.1) is 0 Å². The van der Waals surface area contributed by atoms with Crippen molar-refractivity contribution in [1.29, 1.82) is 0 Å². The fourth-order valence-electron chi connectivity index (χ4n) is 1.82. The van der Waals surface area contributed by atoms with E-state index in [1.165, 1.54) is 18.4 Å². The molecule has 0 spiro atoms. The number of carbonyl (C=O) groups excluding carboxylic acids is 1. The first kappa shape index (κ1) is 21.4. The number of amides is 1. The molecule has 0 unspecified atom stereocenters. The maximum absolute atomic E-state index is 13.0. The number of furan rings is 1. The third-order valence-corrected chi connectivity index (χ3v) is 3.04. The van der Waals surface area contributed by atoms with Crippen molar-refractivity contribution in [3.8, 4) is 11.5 Å². The molecule has 154 valence electrons. The molecule has 12 heteroatoms. The van der Waals surface area contributed by atoms with Crippen LogP contribution < -0.4 is 14.8 Å². The van der Waals surface area contributed by atoms with E-state index in [0.717, 1.165) is 18.2 Å². The Hall–Kier alpha value is -2.92. The lowest BCUT2D eigenvalue weighted by atomic mass is 10.2. The van der Waals surface area contributed by atoms with Gasteiger partial charge in [-0.3, -0.25) is 4.79 Å². The van der Waals surface area contributed by atoms with Gasteiger partial charge < -0.3 is 19.2 Å². The Morgan fingerprint density at radius 1 is 1.04 bits per heavy atom. The summed E-state index contributed by atoms with van der Waals surface area (Å²) in [4.78, 5) is 11.9. The number of carbonyl (C=O) groups is 1. The number of hydrogen-bond donors (Lipinski definition) is 1. The first-order valence-electron chi connectivity index (χ1n) is 7.44. The maximum Gasteiger partial charge on any atom is 0.422 e. The number of anilines is 1. The average Bonchev–Trinajstić information content (AvgIpc) is 3.12. The maximum atomic E-state index is 13.0. The fraction of sp³-hybridized carbons (Fsp3) is 0.312. The molecular weight excluding hydrogens is 403 g/mol. The summed E-state index contributed by atoms with van der Waals surface area (Å²) >= 11 is 0. The number of ether oxygens (including phenoxy) is 2. The molecule has 0 aliphatic rings. The summed E-state index contributed by atoms with van der Waals surface area (Å²) in [6.07, 6.45) is -7.51. The molecule has 1 N–H and O–H groups in total. The molecule has 0 atom stereocenters. The van der Waals surface area contributed by atoms with Gasteiger partial charge in [0.2, 0.25) is 0 Å². The van der Waals surface area contributed by atoms with Crippen molar-refractivity contribution in [3.63, 3.8) is 0 Å². The fourth-order valence-corrected chi connectivity index (χ4v) is 1.82. The van der Waals surface area contributed by atoms with Gasteiger partial charge in [-0.2, -0.15) is 22.0 Å². The molecule has 28 heavy (non-hydrogen) atoms. The molecule has 2 rings (SSSR count). The first-order chi connectivity index (χ1) is 13.0. The number of alkyl halides is 7. The van der Waals surface area contributed by atoms with Crippen molar-refractivity contribution in [1.82, 2.24) is 0 Å². The molecule has 1 aromatic heterocycles. The number of halogens is 7. The van der Waals surface area contributed by atoms with Crippen molar-refractivity contribution in [2.45, 2.75) is 18.5 Å². The largest absolute Gasteiger partial charge is 0.487 e. The quantitative estimate of drug-likeness (QED) is 0.632. The smallest absolute Gasteiger partial charge is 0.422 e. The molecule has 5 nitrogen and oxygen atoms in total. The highest BCUT2D eigenvalue weighted by Gasteiger charge is 2.41. The Balaban J connectivity index is 2.21. The van der Waals surface area contributed by atoms with Crippen molar-refractivity contribution in [3.05, 3.63) is 42.4 Å². The van der Waals surface area contributed by atoms with E-state index >= 15 is 0 Å². The van der Waals surface area contributed by atoms with Crippen molar-refractivity contribution >= 4 is 11.6 Å². The lowest BCUT2D eigenvalue weighted by Gasteiger charge is -2.17. The van der Waals surface area contributed by atoms with E-state index in [4.69, 9.17) is 4.42 Å². The highest BCUT2D eigenvalue weighted by Crippen LogP contribution is 2.30. The van der Waals surface area contributed by atoms with Crippen LogP contribution in [0.25, 0.3) is 0 Å². The first-order valence-corrected chi connectivity index (χ1v) is 7.44. The van der Waals surface area contributed by atoms with Gasteiger partial charge in [0.1, 0.15) is 11.5 Å². The lowest BCUT2D eigenvalue weighted by Crippen LogP contribution is -2.33. The molecule has 1 aromatic carbocycles. The Morgan fingerprint density at radius 3 is 2.14 bits per heavy atom. The molecule has 0 fully saturated rings. The predicted molar refractivity (Wildman–Crippen MR) is 81.1 cm³/mol. The van der Waals surface area contributed by atoms with Gasteiger partial charge in [0.15, 0.2) is 19.0 Å². The summed E-state index contributed by atoms with van der Waals surface area (Å²) < 4.78 is 101. The summed E-state index contributed by atoms with van der Waals surface area (Å²) in [7, 11) is 0. The third-order valence-electron chi connectivity index (χ3n) is 3.04. The summed E-state index contributed by atoms with van der Waals surface area (Å²) in [5.41, 5.74) is -0.198. The average molecular weight is 415 g/mol. The number of nitrogens with one attached hydrogen (secondary N) is 1. The van der Waals surface area contributed by atoms with Crippen LogP contribution in [-0.2, 0) is 0 Å². The van der Waals surface area contributed by atoms with Crippen LogP contribution >= 0.6 is 0 Å². The van der Waals surface area contributed by atoms with Gasteiger partial charge in [0, 0.05) is 23.9 Å². The van der Waals surface area contributed by atoms with Crippen LogP contribution in [0.15, 0.2) is 41.0 Å². The predicted octanol–water partition coefficient (Wildman–Crippen LogP) is 4.75. The Morgan fingerprint density at radius 2 is 1.64 bits per heavy atom. The zero-order chi connectivity index (χ0) is 20.9. The molecule has 0 radical (unpaired) electrons. The van der Waals surface area contributed by atoms with Crippen LogP contribution in [0, 0.1) is 0 Å². The standard InChI is InChI=1S/C16H12F7NO4/c17-14(18)15(19,20)7-27-10-4-9(24-13(25)12-2-1-3-26-12)5-11(6-10)28-8-16(21,22)23/h1-6,14H,7-8H2,(H,24,25). The summed E-state index contributed by atoms with van der Waals surface area (Å²) in [5.74, 6) is -6.45. The van der Waals surface area contributed by atoms with Crippen LogP contribution in [0.3, 0.4) is 0 Å². The molecule has 0 bridgehead atoms. The number of hydrogen-bond acceptors (Lipinski definition) is 4. The van der Waals surface area contributed by atoms with Gasteiger partial charge in [-0.05, 0) is 12.1 Å². The lowest BCUT2D eigenvalue weighted by molar-refractivity contribution is -0.153. The van der Waals surface area contributed by atoms with Crippen LogP contribution in [0.5, 0.6) is 11.5 Å². The summed E-state index contributed by atoms with van der Waals surface area (Å²) in [6, 6.07) is 5.39. The van der Waals surface area contributed by atoms with Crippen LogP contribution in [0.4, 0.5) is 36.4 Å². The second-order valence-electron chi connectivity index (χ2n) is 5.38. The third kappa shape index (κ3) is 6.35. The number of benzene rings is 1. The van der Waals surface area contributed by atoms with E-state index in [-0.39, 0.29) is 11.4 Å². The van der Waals surface area contributed by atoms with E-state index in [2.05, 4.69) is 14.8 Å². The molecule has 0 aliphatic heterocycles. The summed E-state index contributed by atoms with van der Waals surface area (Å²) in [5, 5.41) is 2.23. The molecular formula is C16H12F7NO4. The van der Waals surface area contributed by atoms with Gasteiger partial charge in [-0.25, -0.2) is 8.78 Å². The van der Waals surface area contributed by atoms with Crippen molar-refractivity contribution in [2.24, 2.45) is 0 Å². The zero-order valence-electron chi connectivity index (χ0n) is 13.7. The normalized spacial score (nSPS) is 12.1. The second-order valence-corrected chi connectivity index (χ2v) is 5.38. The van der Waals surface area contributed by atoms with E-state index in [0.29, 0.717) is 0 Å². The van der Waals surface area contributed by atoms with Crippen LogP contribution in [-0.4, -0.2) is 37.6 Å². The van der Waals surface area contributed by atoms with Gasteiger partial charge >= 0.3 is 18.5 Å². The molecule has 1 amide bonds. The minimum atomic E-state index is -4.70. The zero-order valence-corrected chi connectivity index (χ0v) is 13.7. The van der Waals surface area contributed by atoms with E-state index in [9.17, 15) is 35.5 Å². The molecule has 0 aliphatic carbocycles. The van der Waals surface area contributed by atoms with Gasteiger partial charge in [0.05, 0.1) is 6.26 Å².